The molecule has 0 bridgehead atoms. The predicted octanol–water partition coefficient (Wildman–Crippen LogP) is 2.84. The van der Waals surface area contributed by atoms with Crippen LogP contribution < -0.4 is 0 Å². The van der Waals surface area contributed by atoms with Gasteiger partial charge in [0.15, 0.2) is 0 Å². The van der Waals surface area contributed by atoms with Crippen molar-refractivity contribution in [2.75, 3.05) is 26.0 Å². The summed E-state index contributed by atoms with van der Waals surface area (Å²) >= 11 is 0. The molecule has 0 aliphatic rings. The molecule has 0 aromatic carbocycles. The third-order valence-electron chi connectivity index (χ3n) is 3.18. The minimum atomic E-state index is -7.09. The maximum Gasteiger partial charge on any atom is 0.460 e. The lowest BCUT2D eigenvalue weighted by Crippen LogP contribution is -2.61. The van der Waals surface area contributed by atoms with Crippen LogP contribution in [0.4, 0.5) is 39.5 Å². The molecule has 0 atom stereocenters. The molecule has 0 N–H and O–H groups in total. The molecule has 15 heteroatoms. The molecule has 5 nitrogen and oxygen atoms in total. The molecule has 0 aromatic heterocycles. The van der Waals surface area contributed by atoms with Crippen molar-refractivity contribution in [2.45, 2.75) is 30.4 Å². The molecule has 0 heterocycles. The highest BCUT2D eigenvalue weighted by Gasteiger charge is 2.81. The summed E-state index contributed by atoms with van der Waals surface area (Å²) in [7, 11) is -4.00. The Morgan fingerprint density at radius 1 is 1.04 bits per heavy atom. The largest absolute Gasteiger partial charge is 0.461 e. The van der Waals surface area contributed by atoms with E-state index in [-0.39, 0.29) is 4.31 Å². The van der Waals surface area contributed by atoms with Gasteiger partial charge in [-0.2, -0.15) is 39.5 Å². The number of alkyl halides is 9. The van der Waals surface area contributed by atoms with E-state index in [1.54, 1.807) is 0 Å². The van der Waals surface area contributed by atoms with Crippen LogP contribution in [-0.2, 0) is 19.6 Å². The van der Waals surface area contributed by atoms with Gasteiger partial charge in [-0.25, -0.2) is 17.5 Å². The first-order valence-corrected chi connectivity index (χ1v) is 8.38. The minimum Gasteiger partial charge on any atom is -0.461 e. The first-order chi connectivity index (χ1) is 11.8. The fourth-order valence-corrected chi connectivity index (χ4v) is 2.63. The average Bonchev–Trinajstić information content (AvgIpc) is 2.51. The third-order valence-corrected chi connectivity index (χ3v) is 5.03. The highest BCUT2D eigenvalue weighted by atomic mass is 32.2. The first kappa shape index (κ1) is 25.5. The Hall–Kier alpha value is -1.51. The van der Waals surface area contributed by atoms with E-state index in [2.05, 4.69) is 11.3 Å². The van der Waals surface area contributed by atoms with Gasteiger partial charge in [-0.15, -0.1) is 0 Å². The van der Waals surface area contributed by atoms with Crippen molar-refractivity contribution in [1.82, 2.24) is 4.31 Å². The molecule has 160 valence electrons. The van der Waals surface area contributed by atoms with Crippen molar-refractivity contribution in [3.63, 3.8) is 0 Å². The molecule has 0 radical (unpaired) electrons. The van der Waals surface area contributed by atoms with E-state index in [0.717, 1.165) is 13.1 Å². The lowest BCUT2D eigenvalue weighted by molar-refractivity contribution is -0.396. The summed E-state index contributed by atoms with van der Waals surface area (Å²) in [6.07, 6.45) is -8.77. The maximum atomic E-state index is 13.3. The molecular formula is C12H14F9NO4S. The molecule has 0 saturated heterocycles. The van der Waals surface area contributed by atoms with Crippen LogP contribution in [0.3, 0.4) is 0 Å². The molecular weight excluding hydrogens is 425 g/mol. The Kier molecular flexibility index (Phi) is 7.78. The van der Waals surface area contributed by atoms with Gasteiger partial charge in [0, 0.05) is 26.1 Å². The van der Waals surface area contributed by atoms with Gasteiger partial charge in [0.1, 0.15) is 6.61 Å². The molecule has 0 aliphatic carbocycles. The van der Waals surface area contributed by atoms with Gasteiger partial charge < -0.3 is 4.74 Å². The Morgan fingerprint density at radius 2 is 1.52 bits per heavy atom. The van der Waals surface area contributed by atoms with Gasteiger partial charge in [0.25, 0.3) is 0 Å². The van der Waals surface area contributed by atoms with Crippen LogP contribution in [0.2, 0.25) is 0 Å². The van der Waals surface area contributed by atoms with Gasteiger partial charge in [0.2, 0.25) is 10.0 Å². The van der Waals surface area contributed by atoms with Crippen molar-refractivity contribution in [1.29, 1.82) is 0 Å². The fraction of sp³-hybridized carbons (Fsp3) is 0.750. The molecule has 0 aliphatic heterocycles. The van der Waals surface area contributed by atoms with E-state index in [4.69, 9.17) is 0 Å². The third kappa shape index (κ3) is 5.73. The highest BCUT2D eigenvalue weighted by Crippen LogP contribution is 2.54. The Bertz CT molecular complexity index is 646. The summed E-state index contributed by atoms with van der Waals surface area (Å²) in [6.45, 7) is 1.82. The summed E-state index contributed by atoms with van der Waals surface area (Å²) in [5.41, 5.74) is 0. The molecule has 0 saturated carbocycles. The van der Waals surface area contributed by atoms with E-state index >= 15 is 0 Å². The number of sulfonamides is 1. The maximum absolute atomic E-state index is 13.3. The molecule has 0 aromatic rings. The van der Waals surface area contributed by atoms with E-state index in [9.17, 15) is 52.7 Å². The Balaban J connectivity index is 5.15. The molecule has 27 heavy (non-hydrogen) atoms. The van der Waals surface area contributed by atoms with Crippen LogP contribution in [0.15, 0.2) is 12.7 Å². The summed E-state index contributed by atoms with van der Waals surface area (Å²) in [5, 5.41) is 0. The molecule has 0 amide bonds. The molecule has 0 rings (SSSR count). The van der Waals surface area contributed by atoms with Gasteiger partial charge in [-0.1, -0.05) is 6.58 Å². The second-order valence-electron chi connectivity index (χ2n) is 5.11. The van der Waals surface area contributed by atoms with Gasteiger partial charge in [0.05, 0.1) is 5.75 Å². The van der Waals surface area contributed by atoms with Gasteiger partial charge in [-0.3, -0.25) is 0 Å². The first-order valence-electron chi connectivity index (χ1n) is 6.77. The molecule has 0 fully saturated rings. The second-order valence-corrected chi connectivity index (χ2v) is 7.31. The lowest BCUT2D eigenvalue weighted by atomic mass is 10.0. The minimum absolute atomic E-state index is 0.277. The van der Waals surface area contributed by atoms with Crippen LogP contribution in [-0.4, -0.2) is 68.6 Å². The van der Waals surface area contributed by atoms with Crippen molar-refractivity contribution in [2.24, 2.45) is 0 Å². The van der Waals surface area contributed by atoms with Gasteiger partial charge in [-0.05, 0) is 0 Å². The second kappa shape index (κ2) is 8.24. The summed E-state index contributed by atoms with van der Waals surface area (Å²) in [5.74, 6) is -22.8. The number of hydrogen-bond donors (Lipinski definition) is 0. The van der Waals surface area contributed by atoms with Crippen LogP contribution in [0.1, 0.15) is 6.42 Å². The van der Waals surface area contributed by atoms with Crippen LogP contribution in [0, 0.1) is 0 Å². The number of carbonyl (C=O) groups is 1. The van der Waals surface area contributed by atoms with Crippen molar-refractivity contribution in [3.05, 3.63) is 12.7 Å². The number of rotatable bonds is 10. The predicted molar refractivity (Wildman–Crippen MR) is 73.1 cm³/mol. The summed E-state index contributed by atoms with van der Waals surface area (Å²) < 4.78 is 142. The summed E-state index contributed by atoms with van der Waals surface area (Å²) in [6, 6.07) is 0. The standard InChI is InChI=1S/C12H14F9NO4S/c1-3-8(23)26-6-5-22(2)27(24,25)7-4-9(13,14)10(15,16)11(17,18)12(19,20)21/h3H,1,4-7H2,2H3. The number of carbonyl (C=O) groups excluding carboxylic acids is 1. The Labute approximate surface area is 147 Å². The zero-order chi connectivity index (χ0) is 21.9. The van der Waals surface area contributed by atoms with Crippen LogP contribution >= 0.6 is 0 Å². The van der Waals surface area contributed by atoms with E-state index in [0.29, 0.717) is 0 Å². The van der Waals surface area contributed by atoms with Crippen LogP contribution in [0.5, 0.6) is 0 Å². The monoisotopic (exact) mass is 439 g/mol. The number of esters is 1. The van der Waals surface area contributed by atoms with Crippen molar-refractivity contribution in [3.8, 4) is 0 Å². The molecule has 0 unspecified atom stereocenters. The Morgan fingerprint density at radius 3 is 1.93 bits per heavy atom. The van der Waals surface area contributed by atoms with Crippen molar-refractivity contribution >= 4 is 16.0 Å². The number of ether oxygens (including phenoxy) is 1. The SMILES string of the molecule is C=CC(=O)OCCN(C)S(=O)(=O)CCC(F)(F)C(F)(F)C(F)(F)C(F)(F)F. The fourth-order valence-electron chi connectivity index (χ4n) is 1.45. The van der Waals surface area contributed by atoms with Crippen molar-refractivity contribution < 1.29 is 57.5 Å². The zero-order valence-corrected chi connectivity index (χ0v) is 14.3. The lowest BCUT2D eigenvalue weighted by Gasteiger charge is -2.33. The number of halogens is 9. The van der Waals surface area contributed by atoms with Crippen LogP contribution in [0.25, 0.3) is 0 Å². The zero-order valence-electron chi connectivity index (χ0n) is 13.5. The van der Waals surface area contributed by atoms with E-state index < -0.39 is 65.3 Å². The number of nitrogens with zero attached hydrogens (tertiary/aromatic N) is 1. The summed E-state index contributed by atoms with van der Waals surface area (Å²) in [4.78, 5) is 10.7. The quantitative estimate of drug-likeness (QED) is 0.299. The molecule has 0 spiro atoms. The normalized spacial score (nSPS) is 14.3. The number of likely N-dealkylation sites (N-methyl/N-ethyl adjacent to an activating group) is 1. The average molecular weight is 439 g/mol. The number of hydrogen-bond acceptors (Lipinski definition) is 4. The van der Waals surface area contributed by atoms with E-state index in [1.165, 1.54) is 0 Å². The smallest absolute Gasteiger partial charge is 0.460 e. The highest BCUT2D eigenvalue weighted by molar-refractivity contribution is 7.89. The van der Waals surface area contributed by atoms with E-state index in [1.807, 2.05) is 0 Å². The van der Waals surface area contributed by atoms with Gasteiger partial charge >= 0.3 is 29.9 Å². The topological polar surface area (TPSA) is 63.7 Å².